The summed E-state index contributed by atoms with van der Waals surface area (Å²) >= 11 is 3.57. The SMILES string of the molecule is CCCC(C)(CNC(C)(C)C)Cc1cc(Br)ccc1OC. The second-order valence-electron chi connectivity index (χ2n) is 7.30. The van der Waals surface area contributed by atoms with Gasteiger partial charge in [-0.15, -0.1) is 0 Å². The van der Waals surface area contributed by atoms with Crippen molar-refractivity contribution in [3.63, 3.8) is 0 Å². The molecule has 0 aliphatic rings. The van der Waals surface area contributed by atoms with Gasteiger partial charge in [-0.1, -0.05) is 36.2 Å². The van der Waals surface area contributed by atoms with E-state index in [1.807, 2.05) is 12.1 Å². The maximum absolute atomic E-state index is 5.53. The molecule has 1 N–H and O–H groups in total. The summed E-state index contributed by atoms with van der Waals surface area (Å²) in [6.07, 6.45) is 3.41. The average Bonchev–Trinajstić information content (AvgIpc) is 2.36. The zero-order valence-electron chi connectivity index (χ0n) is 14.3. The fourth-order valence-electron chi connectivity index (χ4n) is 2.67. The summed E-state index contributed by atoms with van der Waals surface area (Å²) in [5.41, 5.74) is 1.66. The average molecular weight is 356 g/mol. The molecule has 21 heavy (non-hydrogen) atoms. The molecule has 0 fully saturated rings. The fourth-order valence-corrected chi connectivity index (χ4v) is 3.07. The van der Waals surface area contributed by atoms with E-state index in [9.17, 15) is 0 Å². The predicted octanol–water partition coefficient (Wildman–Crippen LogP) is 5.19. The molecule has 3 heteroatoms. The van der Waals surface area contributed by atoms with Crippen molar-refractivity contribution < 1.29 is 4.74 Å². The largest absolute Gasteiger partial charge is 0.496 e. The van der Waals surface area contributed by atoms with Gasteiger partial charge in [-0.25, -0.2) is 0 Å². The van der Waals surface area contributed by atoms with Crippen LogP contribution in [0.5, 0.6) is 5.75 Å². The molecule has 0 heterocycles. The minimum absolute atomic E-state index is 0.149. The molecule has 0 aliphatic carbocycles. The van der Waals surface area contributed by atoms with Crippen LogP contribution in [0, 0.1) is 5.41 Å². The first-order valence-electron chi connectivity index (χ1n) is 7.76. The minimum Gasteiger partial charge on any atom is -0.496 e. The van der Waals surface area contributed by atoms with E-state index in [1.165, 1.54) is 18.4 Å². The Morgan fingerprint density at radius 1 is 1.19 bits per heavy atom. The van der Waals surface area contributed by atoms with Gasteiger partial charge in [0, 0.05) is 16.6 Å². The van der Waals surface area contributed by atoms with Crippen molar-refractivity contribution in [2.75, 3.05) is 13.7 Å². The number of nitrogens with one attached hydrogen (secondary N) is 1. The highest BCUT2D eigenvalue weighted by Gasteiger charge is 2.27. The van der Waals surface area contributed by atoms with Gasteiger partial charge in [0.15, 0.2) is 0 Å². The molecule has 120 valence electrons. The maximum Gasteiger partial charge on any atom is 0.122 e. The Morgan fingerprint density at radius 2 is 1.86 bits per heavy atom. The van der Waals surface area contributed by atoms with Gasteiger partial charge in [0.2, 0.25) is 0 Å². The van der Waals surface area contributed by atoms with Gasteiger partial charge < -0.3 is 10.1 Å². The Balaban J connectivity index is 2.93. The summed E-state index contributed by atoms with van der Waals surface area (Å²) in [5, 5.41) is 3.67. The van der Waals surface area contributed by atoms with E-state index in [1.54, 1.807) is 7.11 Å². The molecule has 1 aromatic rings. The molecule has 1 aromatic carbocycles. The van der Waals surface area contributed by atoms with Crippen LogP contribution in [0.3, 0.4) is 0 Å². The van der Waals surface area contributed by atoms with Gasteiger partial charge in [0.25, 0.3) is 0 Å². The molecule has 0 spiro atoms. The van der Waals surface area contributed by atoms with Crippen molar-refractivity contribution in [2.24, 2.45) is 5.41 Å². The van der Waals surface area contributed by atoms with Crippen LogP contribution in [-0.2, 0) is 6.42 Å². The smallest absolute Gasteiger partial charge is 0.122 e. The van der Waals surface area contributed by atoms with Gasteiger partial charge in [0.1, 0.15) is 5.75 Å². The molecule has 1 atom stereocenters. The lowest BCUT2D eigenvalue weighted by molar-refractivity contribution is 0.241. The van der Waals surface area contributed by atoms with Crippen LogP contribution < -0.4 is 10.1 Å². The Bertz CT molecular complexity index is 453. The second kappa shape index (κ2) is 7.64. The van der Waals surface area contributed by atoms with Gasteiger partial charge in [0.05, 0.1) is 7.11 Å². The third kappa shape index (κ3) is 6.39. The van der Waals surface area contributed by atoms with Crippen molar-refractivity contribution in [1.29, 1.82) is 0 Å². The van der Waals surface area contributed by atoms with Crippen molar-refractivity contribution in [1.82, 2.24) is 5.32 Å². The molecule has 0 bridgehead atoms. The number of hydrogen-bond donors (Lipinski definition) is 1. The van der Waals surface area contributed by atoms with Crippen LogP contribution in [-0.4, -0.2) is 19.2 Å². The summed E-state index contributed by atoms with van der Waals surface area (Å²) in [5.74, 6) is 0.983. The lowest BCUT2D eigenvalue weighted by Crippen LogP contribution is -2.43. The first kappa shape index (κ1) is 18.5. The summed E-state index contributed by atoms with van der Waals surface area (Å²) in [4.78, 5) is 0. The molecule has 1 rings (SSSR count). The Kier molecular flexibility index (Phi) is 6.73. The van der Waals surface area contributed by atoms with Crippen molar-refractivity contribution in [2.45, 2.75) is 59.4 Å². The molecule has 0 aromatic heterocycles. The van der Waals surface area contributed by atoms with Crippen LogP contribution in [0.2, 0.25) is 0 Å². The number of benzene rings is 1. The number of hydrogen-bond acceptors (Lipinski definition) is 2. The highest BCUT2D eigenvalue weighted by molar-refractivity contribution is 9.10. The quantitative estimate of drug-likeness (QED) is 0.725. The normalized spacial score (nSPS) is 14.8. The minimum atomic E-state index is 0.149. The second-order valence-corrected chi connectivity index (χ2v) is 8.21. The standard InChI is InChI=1S/C18H30BrNO/c1-7-10-18(5,13-20-17(2,3)4)12-14-11-15(19)8-9-16(14)21-6/h8-9,11,20H,7,10,12-13H2,1-6H3. The number of halogens is 1. The zero-order valence-corrected chi connectivity index (χ0v) is 15.9. The number of rotatable bonds is 7. The van der Waals surface area contributed by atoms with E-state index in [2.05, 4.69) is 61.9 Å². The molecular formula is C18H30BrNO. The first-order chi connectivity index (χ1) is 9.69. The topological polar surface area (TPSA) is 21.3 Å². The molecule has 1 unspecified atom stereocenters. The van der Waals surface area contributed by atoms with E-state index >= 15 is 0 Å². The molecule has 0 saturated heterocycles. The highest BCUT2D eigenvalue weighted by atomic mass is 79.9. The molecule has 0 radical (unpaired) electrons. The fraction of sp³-hybridized carbons (Fsp3) is 0.667. The third-order valence-electron chi connectivity index (χ3n) is 3.76. The molecule has 2 nitrogen and oxygen atoms in total. The van der Waals surface area contributed by atoms with E-state index in [4.69, 9.17) is 4.74 Å². The molecule has 0 amide bonds. The summed E-state index contributed by atoms with van der Waals surface area (Å²) in [7, 11) is 1.75. The van der Waals surface area contributed by atoms with E-state index in [0.29, 0.717) is 0 Å². The molecular weight excluding hydrogens is 326 g/mol. The van der Waals surface area contributed by atoms with Crippen LogP contribution in [0.1, 0.15) is 53.0 Å². The molecule has 0 aliphatic heterocycles. The number of methoxy groups -OCH3 is 1. The van der Waals surface area contributed by atoms with Crippen LogP contribution in [0.15, 0.2) is 22.7 Å². The van der Waals surface area contributed by atoms with Crippen LogP contribution >= 0.6 is 15.9 Å². The van der Waals surface area contributed by atoms with Crippen molar-refractivity contribution in [3.05, 3.63) is 28.2 Å². The molecule has 0 saturated carbocycles. The van der Waals surface area contributed by atoms with E-state index in [-0.39, 0.29) is 11.0 Å². The summed E-state index contributed by atoms with van der Waals surface area (Å²) in [6, 6.07) is 6.26. The lowest BCUT2D eigenvalue weighted by atomic mass is 9.79. The maximum atomic E-state index is 5.53. The van der Waals surface area contributed by atoms with Gasteiger partial charge in [-0.2, -0.15) is 0 Å². The first-order valence-corrected chi connectivity index (χ1v) is 8.56. The van der Waals surface area contributed by atoms with Crippen LogP contribution in [0.25, 0.3) is 0 Å². The highest BCUT2D eigenvalue weighted by Crippen LogP contribution is 2.33. The van der Waals surface area contributed by atoms with Crippen LogP contribution in [0.4, 0.5) is 0 Å². The van der Waals surface area contributed by atoms with Gasteiger partial charge >= 0.3 is 0 Å². The van der Waals surface area contributed by atoms with Crippen molar-refractivity contribution >= 4 is 15.9 Å². The lowest BCUT2D eigenvalue weighted by Gasteiger charge is -2.34. The monoisotopic (exact) mass is 355 g/mol. The zero-order chi connectivity index (χ0) is 16.1. The Labute approximate surface area is 138 Å². The van der Waals surface area contributed by atoms with E-state index in [0.717, 1.165) is 23.2 Å². The van der Waals surface area contributed by atoms with E-state index < -0.39 is 0 Å². The Morgan fingerprint density at radius 3 is 2.38 bits per heavy atom. The van der Waals surface area contributed by atoms with Crippen molar-refractivity contribution in [3.8, 4) is 5.75 Å². The van der Waals surface area contributed by atoms with Gasteiger partial charge in [-0.3, -0.25) is 0 Å². The summed E-state index contributed by atoms with van der Waals surface area (Å²) < 4.78 is 6.64. The predicted molar refractivity (Wildman–Crippen MR) is 95.2 cm³/mol. The number of ether oxygens (including phenoxy) is 1. The van der Waals surface area contributed by atoms with Gasteiger partial charge in [-0.05, 0) is 62.8 Å². The Hall–Kier alpha value is -0.540. The third-order valence-corrected chi connectivity index (χ3v) is 4.25. The summed E-state index contributed by atoms with van der Waals surface area (Å²) in [6.45, 7) is 12.3.